The van der Waals surface area contributed by atoms with Gasteiger partial charge in [0, 0.05) is 40.9 Å². The van der Waals surface area contributed by atoms with Gasteiger partial charge in [0.2, 0.25) is 5.91 Å². The molecule has 0 radical (unpaired) electrons. The molecular formula is C29H28ClN5O2S. The Morgan fingerprint density at radius 1 is 1.11 bits per heavy atom. The first kappa shape index (κ1) is 25.8. The molecular weight excluding hydrogens is 518 g/mol. The van der Waals surface area contributed by atoms with E-state index in [9.17, 15) is 4.79 Å². The van der Waals surface area contributed by atoms with E-state index in [-0.39, 0.29) is 18.0 Å². The normalized spacial score (nSPS) is 16.9. The topological polar surface area (TPSA) is 71.4 Å². The van der Waals surface area contributed by atoms with Gasteiger partial charge in [-0.25, -0.2) is 0 Å². The molecule has 1 saturated heterocycles. The fraction of sp³-hybridized carbons (Fsp3) is 0.207. The molecule has 3 heterocycles. The highest BCUT2D eigenvalue weighted by Gasteiger charge is 2.42. The van der Waals surface area contributed by atoms with Gasteiger partial charge in [-0.15, -0.1) is 0 Å². The molecule has 2 N–H and O–H groups in total. The Balaban J connectivity index is 1.66. The summed E-state index contributed by atoms with van der Waals surface area (Å²) >= 11 is 12.3. The van der Waals surface area contributed by atoms with Crippen molar-refractivity contribution in [2.75, 3.05) is 17.3 Å². The second-order valence-corrected chi connectivity index (χ2v) is 10.0. The van der Waals surface area contributed by atoms with E-state index in [2.05, 4.69) is 45.0 Å². The molecule has 2 atom stereocenters. The van der Waals surface area contributed by atoms with Crippen LogP contribution >= 0.6 is 23.8 Å². The fourth-order valence-corrected chi connectivity index (χ4v) is 5.67. The van der Waals surface area contributed by atoms with Gasteiger partial charge in [-0.2, -0.15) is 0 Å². The summed E-state index contributed by atoms with van der Waals surface area (Å²) in [6, 6.07) is 21.0. The van der Waals surface area contributed by atoms with Crippen LogP contribution in [0.2, 0.25) is 5.02 Å². The summed E-state index contributed by atoms with van der Waals surface area (Å²) in [5.41, 5.74) is 6.57. The minimum absolute atomic E-state index is 0.118. The molecule has 194 valence electrons. The highest BCUT2D eigenvalue weighted by Crippen LogP contribution is 2.44. The molecule has 1 aliphatic rings. The monoisotopic (exact) mass is 545 g/mol. The number of carbonyl (C=O) groups is 1. The third-order valence-electron chi connectivity index (χ3n) is 6.73. The zero-order valence-corrected chi connectivity index (χ0v) is 23.1. The van der Waals surface area contributed by atoms with Gasteiger partial charge in [0.05, 0.1) is 30.6 Å². The third kappa shape index (κ3) is 4.73. The second-order valence-electron chi connectivity index (χ2n) is 9.20. The number of ether oxygens (including phenoxy) is 1. The number of hydrogen-bond donors (Lipinski definition) is 2. The molecule has 0 aliphatic carbocycles. The number of thiocarbonyl (C=S) groups is 1. The number of methoxy groups -OCH3 is 1. The van der Waals surface area contributed by atoms with Gasteiger partial charge in [0.1, 0.15) is 5.75 Å². The van der Waals surface area contributed by atoms with E-state index < -0.39 is 0 Å². The molecule has 2 aromatic heterocycles. The van der Waals surface area contributed by atoms with Crippen LogP contribution in [0.15, 0.2) is 72.9 Å². The van der Waals surface area contributed by atoms with Gasteiger partial charge in [0.25, 0.3) is 0 Å². The van der Waals surface area contributed by atoms with E-state index >= 15 is 0 Å². The standard InChI is InChI=1S/C29H28ClN5O2S/c1-17-15-23(18(2)34(17)25-16-20(30)8-13-26(25)37-4)28-27(24-7-5-6-14-31-24)33-29(38)35(28)22-11-9-21(10-12-22)32-19(3)36/h5-16,27-28H,1-4H3,(H,32,36)(H,33,38). The predicted octanol–water partition coefficient (Wildman–Crippen LogP) is 6.29. The van der Waals surface area contributed by atoms with Crippen LogP contribution in [0, 0.1) is 13.8 Å². The Morgan fingerprint density at radius 3 is 2.53 bits per heavy atom. The fourth-order valence-electron chi connectivity index (χ4n) is 5.15. The van der Waals surface area contributed by atoms with Gasteiger partial charge in [-0.1, -0.05) is 17.7 Å². The maximum absolute atomic E-state index is 11.5. The second kappa shape index (κ2) is 10.5. The Hall–Kier alpha value is -3.88. The highest BCUT2D eigenvalue weighted by molar-refractivity contribution is 7.80. The SMILES string of the molecule is COc1ccc(Cl)cc1-n1c(C)cc(C2C(c3ccccn3)NC(=S)N2c2ccc(NC(C)=O)cc2)c1C. The molecule has 0 saturated carbocycles. The molecule has 7 nitrogen and oxygen atoms in total. The van der Waals surface area contributed by atoms with Crippen LogP contribution in [0.5, 0.6) is 5.75 Å². The summed E-state index contributed by atoms with van der Waals surface area (Å²) in [6.07, 6.45) is 1.79. The van der Waals surface area contributed by atoms with Crippen LogP contribution < -0.4 is 20.3 Å². The van der Waals surface area contributed by atoms with Gasteiger partial charge in [0.15, 0.2) is 5.11 Å². The molecule has 1 fully saturated rings. The van der Waals surface area contributed by atoms with Crippen molar-refractivity contribution in [2.24, 2.45) is 0 Å². The van der Waals surface area contributed by atoms with Crippen molar-refractivity contribution in [3.63, 3.8) is 0 Å². The molecule has 0 spiro atoms. The highest BCUT2D eigenvalue weighted by atomic mass is 35.5. The van der Waals surface area contributed by atoms with Crippen LogP contribution in [-0.4, -0.2) is 27.7 Å². The van der Waals surface area contributed by atoms with E-state index in [0.29, 0.717) is 10.1 Å². The number of aromatic nitrogens is 2. The van der Waals surface area contributed by atoms with Crippen LogP contribution in [0.3, 0.4) is 0 Å². The van der Waals surface area contributed by atoms with Crippen molar-refractivity contribution in [3.8, 4) is 11.4 Å². The largest absolute Gasteiger partial charge is 0.495 e. The Morgan fingerprint density at radius 2 is 1.87 bits per heavy atom. The maximum atomic E-state index is 11.5. The molecule has 5 rings (SSSR count). The number of halogens is 1. The Labute approximate surface area is 232 Å². The lowest BCUT2D eigenvalue weighted by atomic mass is 9.96. The zero-order chi connectivity index (χ0) is 27.0. The lowest BCUT2D eigenvalue weighted by Crippen LogP contribution is -2.29. The van der Waals surface area contributed by atoms with Crippen LogP contribution in [0.4, 0.5) is 11.4 Å². The molecule has 0 bridgehead atoms. The smallest absolute Gasteiger partial charge is 0.221 e. The third-order valence-corrected chi connectivity index (χ3v) is 7.28. The van der Waals surface area contributed by atoms with Crippen LogP contribution in [0.1, 0.15) is 41.7 Å². The summed E-state index contributed by atoms with van der Waals surface area (Å²) in [5.74, 6) is 0.614. The van der Waals surface area contributed by atoms with Crippen molar-refractivity contribution >= 4 is 46.2 Å². The summed E-state index contributed by atoms with van der Waals surface area (Å²) in [7, 11) is 1.66. The van der Waals surface area contributed by atoms with Gasteiger partial charge in [-0.05, 0) is 92.3 Å². The lowest BCUT2D eigenvalue weighted by molar-refractivity contribution is -0.114. The number of carbonyl (C=O) groups excluding carboxylic acids is 1. The molecule has 2 unspecified atom stereocenters. The number of rotatable bonds is 6. The van der Waals surface area contributed by atoms with Gasteiger partial charge in [-0.3, -0.25) is 9.78 Å². The molecule has 9 heteroatoms. The molecule has 2 aromatic carbocycles. The van der Waals surface area contributed by atoms with Gasteiger partial charge >= 0.3 is 0 Å². The van der Waals surface area contributed by atoms with Crippen LogP contribution in [0.25, 0.3) is 5.69 Å². The van der Waals surface area contributed by atoms with Crippen molar-refractivity contribution in [1.29, 1.82) is 0 Å². The summed E-state index contributed by atoms with van der Waals surface area (Å²) in [5, 5.41) is 7.56. The first-order valence-corrected chi connectivity index (χ1v) is 13.0. The quantitative estimate of drug-likeness (QED) is 0.278. The van der Waals surface area contributed by atoms with Crippen molar-refractivity contribution < 1.29 is 9.53 Å². The van der Waals surface area contributed by atoms with Crippen molar-refractivity contribution in [1.82, 2.24) is 14.9 Å². The number of amides is 1. The maximum Gasteiger partial charge on any atom is 0.221 e. The molecule has 1 aliphatic heterocycles. The number of benzene rings is 2. The number of pyridine rings is 1. The number of hydrogen-bond acceptors (Lipinski definition) is 4. The first-order valence-electron chi connectivity index (χ1n) is 12.2. The summed E-state index contributed by atoms with van der Waals surface area (Å²) in [6.45, 7) is 5.66. The average Bonchev–Trinajstić information content (AvgIpc) is 3.39. The average molecular weight is 546 g/mol. The number of nitrogens with zero attached hydrogens (tertiary/aromatic N) is 3. The van der Waals surface area contributed by atoms with E-state index in [4.69, 9.17) is 28.6 Å². The van der Waals surface area contributed by atoms with E-state index in [0.717, 1.165) is 45.5 Å². The van der Waals surface area contributed by atoms with E-state index in [1.54, 1.807) is 13.3 Å². The Kier molecular flexibility index (Phi) is 7.10. The number of anilines is 2. The van der Waals surface area contributed by atoms with E-state index in [1.165, 1.54) is 6.92 Å². The first-order chi connectivity index (χ1) is 18.3. The van der Waals surface area contributed by atoms with Crippen molar-refractivity contribution in [2.45, 2.75) is 32.9 Å². The van der Waals surface area contributed by atoms with Gasteiger partial charge < -0.3 is 24.8 Å². The van der Waals surface area contributed by atoms with Crippen molar-refractivity contribution in [3.05, 3.63) is 101 Å². The van der Waals surface area contributed by atoms with Crippen LogP contribution in [-0.2, 0) is 4.79 Å². The lowest BCUT2D eigenvalue weighted by Gasteiger charge is -2.28. The minimum Gasteiger partial charge on any atom is -0.495 e. The predicted molar refractivity (Wildman–Crippen MR) is 155 cm³/mol. The Bertz CT molecular complexity index is 1500. The molecule has 4 aromatic rings. The molecule has 1 amide bonds. The summed E-state index contributed by atoms with van der Waals surface area (Å²) < 4.78 is 7.83. The summed E-state index contributed by atoms with van der Waals surface area (Å²) in [4.78, 5) is 18.3. The number of nitrogens with one attached hydrogen (secondary N) is 2. The zero-order valence-electron chi connectivity index (χ0n) is 21.5. The van der Waals surface area contributed by atoms with E-state index in [1.807, 2.05) is 60.7 Å². The minimum atomic E-state index is -0.186. The number of aryl methyl sites for hydroxylation is 1. The molecule has 38 heavy (non-hydrogen) atoms.